The second kappa shape index (κ2) is 4.28. The molecule has 0 spiro atoms. The number of hydrazine groups is 1. The zero-order valence-corrected chi connectivity index (χ0v) is 8.73. The van der Waals surface area contributed by atoms with Gasteiger partial charge in [-0.05, 0) is 19.1 Å². The van der Waals surface area contributed by atoms with E-state index in [4.69, 9.17) is 20.1 Å². The van der Waals surface area contributed by atoms with E-state index in [9.17, 15) is 4.79 Å². The van der Waals surface area contributed by atoms with Crippen molar-refractivity contribution in [2.24, 2.45) is 5.84 Å². The molecule has 1 aliphatic rings. The lowest BCUT2D eigenvalue weighted by Gasteiger charge is -2.12. The predicted octanol–water partition coefficient (Wildman–Crippen LogP) is 0.172. The van der Waals surface area contributed by atoms with Crippen molar-refractivity contribution in [1.29, 1.82) is 0 Å². The maximum atomic E-state index is 11.1. The molecule has 6 nitrogen and oxygen atoms in total. The quantitative estimate of drug-likeness (QED) is 0.434. The number of ether oxygens (including phenoxy) is 3. The lowest BCUT2D eigenvalue weighted by atomic mass is 10.3. The van der Waals surface area contributed by atoms with Crippen LogP contribution in [-0.4, -0.2) is 18.8 Å². The Kier molecular flexibility index (Phi) is 2.82. The van der Waals surface area contributed by atoms with Crippen LogP contribution in [0.25, 0.3) is 0 Å². The number of nitrogens with two attached hydrogens (primary N) is 1. The fourth-order valence-electron chi connectivity index (χ4n) is 1.33. The van der Waals surface area contributed by atoms with E-state index in [1.165, 1.54) is 0 Å². The number of fused-ring (bicyclic) bond motifs is 1. The fourth-order valence-corrected chi connectivity index (χ4v) is 1.33. The van der Waals surface area contributed by atoms with Gasteiger partial charge in [0.15, 0.2) is 17.6 Å². The largest absolute Gasteiger partial charge is 0.481 e. The number of carbonyl (C=O) groups is 1. The molecule has 0 radical (unpaired) electrons. The third-order valence-electron chi connectivity index (χ3n) is 2.17. The molecule has 0 aliphatic carbocycles. The minimum Gasteiger partial charge on any atom is -0.481 e. The highest BCUT2D eigenvalue weighted by Gasteiger charge is 2.17. The minimum absolute atomic E-state index is 0.206. The van der Waals surface area contributed by atoms with Crippen LogP contribution in [0.2, 0.25) is 0 Å². The summed E-state index contributed by atoms with van der Waals surface area (Å²) in [7, 11) is 0. The first-order valence-corrected chi connectivity index (χ1v) is 4.77. The van der Waals surface area contributed by atoms with E-state index in [0.717, 1.165) is 0 Å². The summed E-state index contributed by atoms with van der Waals surface area (Å²) in [6.07, 6.45) is -0.662. The number of rotatable bonds is 3. The molecule has 0 saturated heterocycles. The topological polar surface area (TPSA) is 82.8 Å². The first kappa shape index (κ1) is 10.6. The first-order valence-electron chi connectivity index (χ1n) is 4.77. The van der Waals surface area contributed by atoms with Crippen LogP contribution in [0.3, 0.4) is 0 Å². The molecular formula is C10H12N2O4. The highest BCUT2D eigenvalue weighted by atomic mass is 16.7. The van der Waals surface area contributed by atoms with Gasteiger partial charge in [0.1, 0.15) is 5.75 Å². The van der Waals surface area contributed by atoms with Gasteiger partial charge in [-0.25, -0.2) is 5.84 Å². The lowest BCUT2D eigenvalue weighted by molar-refractivity contribution is -0.127. The van der Waals surface area contributed by atoms with Crippen molar-refractivity contribution < 1.29 is 19.0 Å². The molecule has 0 saturated carbocycles. The van der Waals surface area contributed by atoms with Gasteiger partial charge in [-0.2, -0.15) is 0 Å². The zero-order chi connectivity index (χ0) is 11.5. The summed E-state index contributed by atoms with van der Waals surface area (Å²) in [6, 6.07) is 5.10. The Bertz CT molecular complexity index is 408. The SMILES string of the molecule is CC(Oc1ccc2c(c1)OCO2)C(=O)NN. The van der Waals surface area contributed by atoms with Gasteiger partial charge >= 0.3 is 0 Å². The van der Waals surface area contributed by atoms with Crippen LogP contribution in [-0.2, 0) is 4.79 Å². The summed E-state index contributed by atoms with van der Waals surface area (Å²) in [6.45, 7) is 1.81. The second-order valence-corrected chi connectivity index (χ2v) is 3.28. The molecule has 1 aromatic carbocycles. The minimum atomic E-state index is -0.662. The number of carbonyl (C=O) groups excluding carboxylic acids is 1. The molecule has 1 unspecified atom stereocenters. The molecule has 0 bridgehead atoms. The van der Waals surface area contributed by atoms with Crippen molar-refractivity contribution in [2.75, 3.05) is 6.79 Å². The highest BCUT2D eigenvalue weighted by Crippen LogP contribution is 2.35. The van der Waals surface area contributed by atoms with E-state index in [1.54, 1.807) is 25.1 Å². The van der Waals surface area contributed by atoms with Crippen molar-refractivity contribution in [3.05, 3.63) is 18.2 Å². The van der Waals surface area contributed by atoms with Crippen molar-refractivity contribution in [3.8, 4) is 17.2 Å². The molecule has 3 N–H and O–H groups in total. The molecule has 16 heavy (non-hydrogen) atoms. The number of amides is 1. The maximum absolute atomic E-state index is 11.1. The molecule has 1 aromatic rings. The summed E-state index contributed by atoms with van der Waals surface area (Å²) >= 11 is 0. The van der Waals surface area contributed by atoms with E-state index < -0.39 is 12.0 Å². The first-order chi connectivity index (χ1) is 7.70. The maximum Gasteiger partial charge on any atom is 0.274 e. The average Bonchev–Trinajstić information content (AvgIpc) is 2.75. The molecule has 0 fully saturated rings. The summed E-state index contributed by atoms with van der Waals surface area (Å²) in [5.74, 6) is 6.41. The van der Waals surface area contributed by atoms with Gasteiger partial charge in [-0.15, -0.1) is 0 Å². The van der Waals surface area contributed by atoms with Gasteiger partial charge in [-0.3, -0.25) is 10.2 Å². The molecule has 1 aliphatic heterocycles. The third kappa shape index (κ3) is 2.01. The smallest absolute Gasteiger partial charge is 0.274 e. The van der Waals surface area contributed by atoms with Crippen molar-refractivity contribution in [1.82, 2.24) is 5.43 Å². The predicted molar refractivity (Wildman–Crippen MR) is 55.0 cm³/mol. The van der Waals surface area contributed by atoms with Crippen LogP contribution in [0, 0.1) is 0 Å². The van der Waals surface area contributed by atoms with Gasteiger partial charge in [0.2, 0.25) is 6.79 Å². The molecular weight excluding hydrogens is 212 g/mol. The van der Waals surface area contributed by atoms with E-state index in [-0.39, 0.29) is 6.79 Å². The van der Waals surface area contributed by atoms with Crippen LogP contribution in [0.1, 0.15) is 6.92 Å². The Morgan fingerprint density at radius 2 is 2.25 bits per heavy atom. The lowest BCUT2D eigenvalue weighted by Crippen LogP contribution is -2.40. The summed E-state index contributed by atoms with van der Waals surface area (Å²) in [4.78, 5) is 11.1. The Balaban J connectivity index is 2.08. The Hall–Kier alpha value is -1.95. The normalized spacial score (nSPS) is 14.4. The number of benzene rings is 1. The van der Waals surface area contributed by atoms with Crippen LogP contribution in [0.5, 0.6) is 17.2 Å². The van der Waals surface area contributed by atoms with Gasteiger partial charge < -0.3 is 14.2 Å². The van der Waals surface area contributed by atoms with Gasteiger partial charge in [0.05, 0.1) is 0 Å². The molecule has 1 atom stereocenters. The molecule has 6 heteroatoms. The molecule has 0 aromatic heterocycles. The van der Waals surface area contributed by atoms with Gasteiger partial charge in [0, 0.05) is 6.07 Å². The second-order valence-electron chi connectivity index (χ2n) is 3.28. The van der Waals surface area contributed by atoms with Crippen LogP contribution in [0.15, 0.2) is 18.2 Å². The van der Waals surface area contributed by atoms with E-state index >= 15 is 0 Å². The molecule has 1 heterocycles. The van der Waals surface area contributed by atoms with Crippen LogP contribution >= 0.6 is 0 Å². The molecule has 86 valence electrons. The van der Waals surface area contributed by atoms with Crippen molar-refractivity contribution in [2.45, 2.75) is 13.0 Å². The number of hydrogen-bond acceptors (Lipinski definition) is 5. The molecule has 1 amide bonds. The highest BCUT2D eigenvalue weighted by molar-refractivity contribution is 5.80. The van der Waals surface area contributed by atoms with Gasteiger partial charge in [0.25, 0.3) is 5.91 Å². The third-order valence-corrected chi connectivity index (χ3v) is 2.17. The Morgan fingerprint density at radius 3 is 3.00 bits per heavy atom. The Morgan fingerprint density at radius 1 is 1.50 bits per heavy atom. The van der Waals surface area contributed by atoms with E-state index in [2.05, 4.69) is 0 Å². The number of nitrogens with one attached hydrogen (secondary N) is 1. The summed E-state index contributed by atoms with van der Waals surface area (Å²) in [5, 5.41) is 0. The number of hydrogen-bond donors (Lipinski definition) is 2. The standard InChI is InChI=1S/C10H12N2O4/c1-6(10(13)12-11)16-7-2-3-8-9(4-7)15-5-14-8/h2-4,6H,5,11H2,1H3,(H,12,13). The van der Waals surface area contributed by atoms with Crippen molar-refractivity contribution in [3.63, 3.8) is 0 Å². The molecule has 2 rings (SSSR count). The van der Waals surface area contributed by atoms with Crippen LogP contribution < -0.4 is 25.5 Å². The van der Waals surface area contributed by atoms with Crippen molar-refractivity contribution >= 4 is 5.91 Å². The summed E-state index contributed by atoms with van der Waals surface area (Å²) in [5.41, 5.74) is 2.02. The Labute approximate surface area is 92.2 Å². The van der Waals surface area contributed by atoms with Gasteiger partial charge in [-0.1, -0.05) is 0 Å². The fraction of sp³-hybridized carbons (Fsp3) is 0.300. The van der Waals surface area contributed by atoms with Crippen LogP contribution in [0.4, 0.5) is 0 Å². The summed E-state index contributed by atoms with van der Waals surface area (Å²) < 4.78 is 15.7. The average molecular weight is 224 g/mol. The monoisotopic (exact) mass is 224 g/mol. The zero-order valence-electron chi connectivity index (χ0n) is 8.73. The van der Waals surface area contributed by atoms with E-state index in [0.29, 0.717) is 17.2 Å². The van der Waals surface area contributed by atoms with E-state index in [1.807, 2.05) is 5.43 Å².